The lowest BCUT2D eigenvalue weighted by molar-refractivity contribution is 0.356. The molecule has 0 spiro atoms. The van der Waals surface area contributed by atoms with Gasteiger partial charge in [-0.3, -0.25) is 0 Å². The quantitative estimate of drug-likeness (QED) is 0.735. The summed E-state index contributed by atoms with van der Waals surface area (Å²) in [6.45, 7) is 6.48. The number of hydrogen-bond acceptors (Lipinski definition) is 2. The smallest absolute Gasteiger partial charge is 0.127 e. The normalized spacial score (nSPS) is 13.0. The second-order valence-corrected chi connectivity index (χ2v) is 5.66. The average molecular weight is 313 g/mol. The number of benzene rings is 2. The minimum atomic E-state index is 0.539. The molecule has 0 unspecified atom stereocenters. The Labute approximate surface area is 135 Å². The zero-order valence-electron chi connectivity index (χ0n) is 12.7. The molecule has 2 aromatic rings. The van der Waals surface area contributed by atoms with Crippen molar-refractivity contribution in [3.05, 3.63) is 76.3 Å². The van der Waals surface area contributed by atoms with Crippen molar-refractivity contribution in [3.8, 4) is 5.75 Å². The van der Waals surface area contributed by atoms with Crippen LogP contribution in [0.1, 0.15) is 22.3 Å². The summed E-state index contributed by atoms with van der Waals surface area (Å²) < 4.78 is 10.9. The van der Waals surface area contributed by atoms with Crippen molar-refractivity contribution in [1.82, 2.24) is 0 Å². The lowest BCUT2D eigenvalue weighted by Gasteiger charge is -2.21. The maximum Gasteiger partial charge on any atom is 0.127 e. The topological polar surface area (TPSA) is 18.5 Å². The number of aryl methyl sites for hydroxylation is 1. The van der Waals surface area contributed by atoms with E-state index in [0.29, 0.717) is 12.4 Å². The number of hydrogen-bond donors (Lipinski definition) is 0. The highest BCUT2D eigenvalue weighted by atomic mass is 35.5. The van der Waals surface area contributed by atoms with Crippen LogP contribution in [-0.4, -0.2) is 13.7 Å². The predicted molar refractivity (Wildman–Crippen MR) is 91.2 cm³/mol. The van der Waals surface area contributed by atoms with Crippen molar-refractivity contribution in [3.63, 3.8) is 0 Å². The molecule has 1 aliphatic rings. The lowest BCUT2D eigenvalue weighted by Crippen LogP contribution is -2.06. The van der Waals surface area contributed by atoms with E-state index in [-0.39, 0.29) is 0 Å². The fraction of sp³-hybridized carbons (Fsp3) is 0.158. The van der Waals surface area contributed by atoms with E-state index in [1.807, 2.05) is 31.2 Å². The van der Waals surface area contributed by atoms with E-state index in [1.54, 1.807) is 7.11 Å². The van der Waals surface area contributed by atoms with Crippen LogP contribution in [0.4, 0.5) is 0 Å². The summed E-state index contributed by atoms with van der Waals surface area (Å²) in [6.07, 6.45) is 2.05. The number of methoxy groups -OCH3 is 1. The van der Waals surface area contributed by atoms with Crippen molar-refractivity contribution in [2.75, 3.05) is 13.7 Å². The Morgan fingerprint density at radius 3 is 2.73 bits per heavy atom. The van der Waals surface area contributed by atoms with Crippen LogP contribution in [0, 0.1) is 6.92 Å². The maximum atomic E-state index is 6.44. The molecule has 0 radical (unpaired) electrons. The first-order valence-corrected chi connectivity index (χ1v) is 7.45. The van der Waals surface area contributed by atoms with Crippen LogP contribution in [0.5, 0.6) is 5.75 Å². The standard InChI is InChI=1S/C19H17ClO2/c1-12-4-6-16(18(20)10-12)15-8-9-22-19-7-5-14(11-17(15)19)13(2)21-3/h4-8,10-11H,2,9H2,1,3H3. The van der Waals surface area contributed by atoms with Gasteiger partial charge in [0.25, 0.3) is 0 Å². The first kappa shape index (κ1) is 14.7. The fourth-order valence-corrected chi connectivity index (χ4v) is 2.91. The summed E-state index contributed by atoms with van der Waals surface area (Å²) in [5.74, 6) is 1.48. The predicted octanol–water partition coefficient (Wildman–Crippen LogP) is 5.09. The van der Waals surface area contributed by atoms with Gasteiger partial charge in [-0.05, 0) is 48.4 Å². The molecule has 0 aromatic heterocycles. The van der Waals surface area contributed by atoms with Gasteiger partial charge in [-0.1, -0.05) is 30.3 Å². The molecule has 2 nitrogen and oxygen atoms in total. The van der Waals surface area contributed by atoms with E-state index in [4.69, 9.17) is 21.1 Å². The minimum Gasteiger partial charge on any atom is -0.497 e. The van der Waals surface area contributed by atoms with Crippen molar-refractivity contribution in [1.29, 1.82) is 0 Å². The highest BCUT2D eigenvalue weighted by Gasteiger charge is 2.18. The van der Waals surface area contributed by atoms with Crippen LogP contribution in [0.2, 0.25) is 5.02 Å². The third-order valence-corrected chi connectivity index (χ3v) is 4.09. The van der Waals surface area contributed by atoms with E-state index in [0.717, 1.165) is 38.6 Å². The van der Waals surface area contributed by atoms with Crippen LogP contribution in [0.25, 0.3) is 11.3 Å². The molecule has 112 valence electrons. The number of rotatable bonds is 3. The first-order valence-electron chi connectivity index (χ1n) is 7.07. The monoisotopic (exact) mass is 312 g/mol. The molecule has 0 saturated carbocycles. The van der Waals surface area contributed by atoms with E-state index in [1.165, 1.54) is 0 Å². The molecular formula is C19H17ClO2. The summed E-state index contributed by atoms with van der Waals surface area (Å²) in [7, 11) is 1.62. The average Bonchev–Trinajstić information content (AvgIpc) is 2.53. The third-order valence-electron chi connectivity index (χ3n) is 3.78. The number of halogens is 1. The first-order chi connectivity index (χ1) is 10.6. The second kappa shape index (κ2) is 5.90. The van der Waals surface area contributed by atoms with Gasteiger partial charge in [0.2, 0.25) is 0 Å². The van der Waals surface area contributed by atoms with Gasteiger partial charge in [0.05, 0.1) is 7.11 Å². The molecule has 0 aliphatic carbocycles. The molecule has 0 atom stereocenters. The van der Waals surface area contributed by atoms with Crippen molar-refractivity contribution < 1.29 is 9.47 Å². The maximum absolute atomic E-state index is 6.44. The summed E-state index contributed by atoms with van der Waals surface area (Å²) in [4.78, 5) is 0. The molecule has 1 aliphatic heterocycles. The summed E-state index contributed by atoms with van der Waals surface area (Å²) in [6, 6.07) is 12.0. The Bertz CT molecular complexity index is 775. The Balaban J connectivity index is 2.12. The van der Waals surface area contributed by atoms with Gasteiger partial charge in [-0.2, -0.15) is 0 Å². The number of fused-ring (bicyclic) bond motifs is 1. The van der Waals surface area contributed by atoms with Gasteiger partial charge >= 0.3 is 0 Å². The molecule has 2 aromatic carbocycles. The Kier molecular flexibility index (Phi) is 3.95. The molecule has 0 fully saturated rings. The van der Waals surface area contributed by atoms with Crippen molar-refractivity contribution in [2.45, 2.75) is 6.92 Å². The summed E-state index contributed by atoms with van der Waals surface area (Å²) in [5.41, 5.74) is 5.17. The molecule has 0 amide bonds. The molecule has 0 N–H and O–H groups in total. The fourth-order valence-electron chi connectivity index (χ4n) is 2.58. The lowest BCUT2D eigenvalue weighted by atomic mass is 9.93. The van der Waals surface area contributed by atoms with E-state index >= 15 is 0 Å². The molecule has 3 heteroatoms. The largest absolute Gasteiger partial charge is 0.497 e. The SMILES string of the molecule is C=C(OC)c1ccc2c(c1)C(c1ccc(C)cc1Cl)=CCO2. The zero-order chi connectivity index (χ0) is 15.7. The van der Waals surface area contributed by atoms with Crippen LogP contribution in [0.3, 0.4) is 0 Å². The van der Waals surface area contributed by atoms with E-state index in [9.17, 15) is 0 Å². The van der Waals surface area contributed by atoms with E-state index in [2.05, 4.69) is 24.8 Å². The molecule has 0 bridgehead atoms. The molecule has 3 rings (SSSR count). The van der Waals surface area contributed by atoms with Crippen molar-refractivity contribution in [2.24, 2.45) is 0 Å². The Hall–Kier alpha value is -2.19. The van der Waals surface area contributed by atoms with Gasteiger partial charge in [-0.25, -0.2) is 0 Å². The highest BCUT2D eigenvalue weighted by molar-refractivity contribution is 6.32. The van der Waals surface area contributed by atoms with Gasteiger partial charge in [0.1, 0.15) is 18.1 Å². The molecule has 1 heterocycles. The number of ether oxygens (including phenoxy) is 2. The van der Waals surface area contributed by atoms with Crippen LogP contribution in [0.15, 0.2) is 49.1 Å². The second-order valence-electron chi connectivity index (χ2n) is 5.25. The highest BCUT2D eigenvalue weighted by Crippen LogP contribution is 2.38. The van der Waals surface area contributed by atoms with Gasteiger partial charge in [-0.15, -0.1) is 0 Å². The van der Waals surface area contributed by atoms with Crippen LogP contribution < -0.4 is 4.74 Å². The van der Waals surface area contributed by atoms with Crippen molar-refractivity contribution >= 4 is 22.9 Å². The minimum absolute atomic E-state index is 0.539. The van der Waals surface area contributed by atoms with Gasteiger partial charge in [0, 0.05) is 21.7 Å². The summed E-state index contributed by atoms with van der Waals surface area (Å²) in [5, 5.41) is 0.745. The van der Waals surface area contributed by atoms with Gasteiger partial charge in [0.15, 0.2) is 0 Å². The zero-order valence-corrected chi connectivity index (χ0v) is 13.4. The van der Waals surface area contributed by atoms with Gasteiger partial charge < -0.3 is 9.47 Å². The Morgan fingerprint density at radius 1 is 1.18 bits per heavy atom. The van der Waals surface area contributed by atoms with Crippen LogP contribution >= 0.6 is 11.6 Å². The molecule has 22 heavy (non-hydrogen) atoms. The third kappa shape index (κ3) is 2.62. The van der Waals surface area contributed by atoms with Crippen LogP contribution in [-0.2, 0) is 4.74 Å². The van der Waals surface area contributed by atoms with E-state index < -0.39 is 0 Å². The molecular weight excluding hydrogens is 296 g/mol. The Morgan fingerprint density at radius 2 is 2.00 bits per heavy atom. The molecule has 0 saturated heterocycles. The summed E-state index contributed by atoms with van der Waals surface area (Å²) >= 11 is 6.44.